The summed E-state index contributed by atoms with van der Waals surface area (Å²) < 4.78 is 5.22. The Labute approximate surface area is 178 Å². The maximum absolute atomic E-state index is 13.3. The molecule has 0 radical (unpaired) electrons. The lowest BCUT2D eigenvalue weighted by atomic mass is 9.81. The predicted molar refractivity (Wildman–Crippen MR) is 113 cm³/mol. The van der Waals surface area contributed by atoms with E-state index in [9.17, 15) is 19.5 Å². The maximum atomic E-state index is 13.3. The zero-order valence-electron chi connectivity index (χ0n) is 17.9. The number of hydrogen-bond acceptors (Lipinski definition) is 5. The van der Waals surface area contributed by atoms with Crippen molar-refractivity contribution < 1.29 is 24.2 Å². The molecule has 30 heavy (non-hydrogen) atoms. The van der Waals surface area contributed by atoms with Gasteiger partial charge in [0.05, 0.1) is 18.6 Å². The highest BCUT2D eigenvalue weighted by Gasteiger charge is 2.52. The van der Waals surface area contributed by atoms with Crippen molar-refractivity contribution in [1.29, 1.82) is 0 Å². The molecule has 1 aromatic carbocycles. The molecule has 0 aromatic heterocycles. The minimum absolute atomic E-state index is 0.0780. The van der Waals surface area contributed by atoms with Crippen LogP contribution in [0.15, 0.2) is 30.3 Å². The Kier molecular flexibility index (Phi) is 7.64. The zero-order chi connectivity index (χ0) is 21.7. The number of carbonyl (C=O) groups excluding carboxylic acids is 2. The van der Waals surface area contributed by atoms with Crippen molar-refractivity contribution in [2.24, 2.45) is 23.7 Å². The molecule has 0 amide bonds. The quantitative estimate of drug-likeness (QED) is 0.570. The topological polar surface area (TPSA) is 92.7 Å². The molecule has 1 unspecified atom stereocenters. The number of rotatable bonds is 10. The van der Waals surface area contributed by atoms with E-state index in [0.29, 0.717) is 25.2 Å². The third-order valence-corrected chi connectivity index (χ3v) is 6.83. The largest absolute Gasteiger partial charge is 0.481 e. The first kappa shape index (κ1) is 22.5. The second-order valence-corrected chi connectivity index (χ2v) is 8.68. The Hall–Kier alpha value is -2.21. The van der Waals surface area contributed by atoms with Crippen LogP contribution < -0.4 is 5.32 Å². The number of carboxylic acids is 1. The van der Waals surface area contributed by atoms with Crippen molar-refractivity contribution in [3.8, 4) is 0 Å². The van der Waals surface area contributed by atoms with Crippen molar-refractivity contribution in [2.75, 3.05) is 6.61 Å². The molecular weight excluding hydrogens is 382 g/mol. The molecule has 0 bridgehead atoms. The van der Waals surface area contributed by atoms with Gasteiger partial charge in [-0.2, -0.15) is 0 Å². The number of fused-ring (bicyclic) bond motifs is 1. The van der Waals surface area contributed by atoms with Crippen molar-refractivity contribution in [3.05, 3.63) is 35.9 Å². The molecule has 164 valence electrons. The molecule has 3 rings (SSSR count). The molecule has 6 nitrogen and oxygen atoms in total. The van der Waals surface area contributed by atoms with Crippen LogP contribution in [0.25, 0.3) is 0 Å². The third-order valence-electron chi connectivity index (χ3n) is 6.83. The first-order valence-electron chi connectivity index (χ1n) is 11.2. The maximum Gasteiger partial charge on any atom is 0.323 e. The van der Waals surface area contributed by atoms with E-state index in [2.05, 4.69) is 5.32 Å². The summed E-state index contributed by atoms with van der Waals surface area (Å²) in [4.78, 5) is 37.6. The van der Waals surface area contributed by atoms with E-state index < -0.39 is 29.9 Å². The number of aliphatic carboxylic acids is 1. The summed E-state index contributed by atoms with van der Waals surface area (Å²) in [7, 11) is 0. The molecule has 6 atom stereocenters. The number of ether oxygens (including phenoxy) is 1. The van der Waals surface area contributed by atoms with Gasteiger partial charge in [0.2, 0.25) is 0 Å². The normalized spacial score (nSPS) is 27.3. The van der Waals surface area contributed by atoms with Crippen molar-refractivity contribution in [1.82, 2.24) is 5.32 Å². The Morgan fingerprint density at radius 3 is 2.60 bits per heavy atom. The fourth-order valence-corrected chi connectivity index (χ4v) is 5.41. The summed E-state index contributed by atoms with van der Waals surface area (Å²) in [6.07, 6.45) is 4.80. The fourth-order valence-electron chi connectivity index (χ4n) is 5.41. The summed E-state index contributed by atoms with van der Waals surface area (Å²) >= 11 is 0. The summed E-state index contributed by atoms with van der Waals surface area (Å²) in [6.45, 7) is 3.79. The van der Waals surface area contributed by atoms with Crippen LogP contribution >= 0.6 is 0 Å². The monoisotopic (exact) mass is 415 g/mol. The lowest BCUT2D eigenvalue weighted by Crippen LogP contribution is -2.49. The Morgan fingerprint density at radius 1 is 1.20 bits per heavy atom. The van der Waals surface area contributed by atoms with Gasteiger partial charge in [-0.25, -0.2) is 0 Å². The average molecular weight is 416 g/mol. The number of ketones is 1. The predicted octanol–water partition coefficient (Wildman–Crippen LogP) is 3.24. The van der Waals surface area contributed by atoms with Gasteiger partial charge in [0.1, 0.15) is 6.04 Å². The molecule has 0 heterocycles. The first-order chi connectivity index (χ1) is 14.4. The zero-order valence-corrected chi connectivity index (χ0v) is 17.9. The SMILES string of the molecule is CCOC(=O)[C@H](CCc1ccccc1)N[C@@H](C)C(=O)C1[C@H]2CCC[C@H]2C[C@H]1C(=O)O. The van der Waals surface area contributed by atoms with E-state index >= 15 is 0 Å². The highest BCUT2D eigenvalue weighted by atomic mass is 16.5. The van der Waals surface area contributed by atoms with Crippen molar-refractivity contribution in [3.63, 3.8) is 0 Å². The summed E-state index contributed by atoms with van der Waals surface area (Å²) in [5.41, 5.74) is 1.11. The van der Waals surface area contributed by atoms with Gasteiger partial charge >= 0.3 is 11.9 Å². The van der Waals surface area contributed by atoms with Gasteiger partial charge in [-0.05, 0) is 56.9 Å². The number of benzene rings is 1. The van der Waals surface area contributed by atoms with Crippen molar-refractivity contribution in [2.45, 2.75) is 64.5 Å². The standard InChI is InChI=1S/C24H33NO5/c1-3-30-24(29)20(13-12-16-8-5-4-6-9-16)25-15(2)22(26)21-18-11-7-10-17(18)14-19(21)23(27)28/h4-6,8-9,15,17-21,25H,3,7,10-14H2,1-2H3,(H,27,28)/t15-,17-,18-,19+,20-,21?/m0/s1. The lowest BCUT2D eigenvalue weighted by molar-refractivity contribution is -0.148. The van der Waals surface area contributed by atoms with Crippen LogP contribution in [0.4, 0.5) is 0 Å². The van der Waals surface area contributed by atoms with Gasteiger partial charge in [-0.15, -0.1) is 0 Å². The van der Waals surface area contributed by atoms with Crippen molar-refractivity contribution >= 4 is 17.7 Å². The molecule has 0 spiro atoms. The number of esters is 1. The van der Waals surface area contributed by atoms with Crippen LogP contribution in [-0.4, -0.2) is 41.5 Å². The molecule has 0 aliphatic heterocycles. The van der Waals surface area contributed by atoms with E-state index in [0.717, 1.165) is 24.8 Å². The van der Waals surface area contributed by atoms with Gasteiger partial charge < -0.3 is 9.84 Å². The Morgan fingerprint density at radius 2 is 1.93 bits per heavy atom. The minimum atomic E-state index is -0.874. The molecule has 6 heteroatoms. The van der Waals surface area contributed by atoms with Crippen LogP contribution in [0, 0.1) is 23.7 Å². The molecule has 2 N–H and O–H groups in total. The number of carboxylic acid groups (broad SMARTS) is 1. The number of aryl methyl sites for hydroxylation is 1. The lowest BCUT2D eigenvalue weighted by Gasteiger charge is -2.27. The first-order valence-corrected chi connectivity index (χ1v) is 11.2. The smallest absolute Gasteiger partial charge is 0.323 e. The minimum Gasteiger partial charge on any atom is -0.481 e. The molecule has 2 saturated carbocycles. The average Bonchev–Trinajstić information content (AvgIpc) is 3.32. The molecular formula is C24H33NO5. The van der Waals surface area contributed by atoms with Gasteiger partial charge in [0.25, 0.3) is 0 Å². The Balaban J connectivity index is 1.68. The molecule has 2 aliphatic carbocycles. The van der Waals surface area contributed by atoms with E-state index in [1.54, 1.807) is 13.8 Å². The second-order valence-electron chi connectivity index (χ2n) is 8.68. The molecule has 2 aliphatic rings. The van der Waals surface area contributed by atoms with Crippen LogP contribution in [0.2, 0.25) is 0 Å². The van der Waals surface area contributed by atoms with Crippen LogP contribution in [0.1, 0.15) is 51.5 Å². The number of hydrogen-bond donors (Lipinski definition) is 2. The molecule has 0 saturated heterocycles. The Bertz CT molecular complexity index is 749. The fraction of sp³-hybridized carbons (Fsp3) is 0.625. The summed E-state index contributed by atoms with van der Waals surface area (Å²) in [6, 6.07) is 8.67. The van der Waals surface area contributed by atoms with Gasteiger partial charge in [-0.1, -0.05) is 43.2 Å². The summed E-state index contributed by atoms with van der Waals surface area (Å²) in [5, 5.41) is 12.8. The van der Waals surface area contributed by atoms with E-state index in [4.69, 9.17) is 4.74 Å². The molecule has 1 aromatic rings. The third kappa shape index (κ3) is 5.09. The number of Topliss-reactive ketones (excluding diaryl/α,β-unsaturated/α-hetero) is 1. The highest BCUT2D eigenvalue weighted by Crippen LogP contribution is 2.51. The van der Waals surface area contributed by atoms with E-state index in [1.807, 2.05) is 30.3 Å². The van der Waals surface area contributed by atoms with Gasteiger partial charge in [0, 0.05) is 5.92 Å². The number of carbonyl (C=O) groups is 3. The van der Waals surface area contributed by atoms with Crippen LogP contribution in [0.3, 0.4) is 0 Å². The van der Waals surface area contributed by atoms with Gasteiger partial charge in [-0.3, -0.25) is 19.7 Å². The van der Waals surface area contributed by atoms with E-state index in [1.165, 1.54) is 0 Å². The summed E-state index contributed by atoms with van der Waals surface area (Å²) in [5.74, 6) is -1.89. The molecule has 2 fully saturated rings. The van der Waals surface area contributed by atoms with Crippen LogP contribution in [0.5, 0.6) is 0 Å². The highest BCUT2D eigenvalue weighted by molar-refractivity contribution is 5.91. The number of nitrogens with one attached hydrogen (secondary N) is 1. The van der Waals surface area contributed by atoms with E-state index in [-0.39, 0.29) is 24.3 Å². The second kappa shape index (κ2) is 10.2. The van der Waals surface area contributed by atoms with Gasteiger partial charge in [0.15, 0.2) is 5.78 Å². The van der Waals surface area contributed by atoms with Crippen LogP contribution in [-0.2, 0) is 25.5 Å².